The maximum Gasteiger partial charge on any atom is 0.416 e. The van der Waals surface area contributed by atoms with Crippen molar-refractivity contribution in [2.24, 2.45) is 0 Å². The number of hydrogen-bond acceptors (Lipinski definition) is 3. The molecule has 1 aliphatic rings. The van der Waals surface area contributed by atoms with Crippen molar-refractivity contribution in [1.29, 1.82) is 0 Å². The molecule has 1 unspecified atom stereocenters. The fourth-order valence-electron chi connectivity index (χ4n) is 2.81. The summed E-state index contributed by atoms with van der Waals surface area (Å²) in [5.74, 6) is 0.405. The maximum absolute atomic E-state index is 12.6. The zero-order chi connectivity index (χ0) is 19.4. The summed E-state index contributed by atoms with van der Waals surface area (Å²) < 4.78 is 49.3. The SMILES string of the molecule is Cc1ccc(OCC2CN(C(=O)c3ccc(C(F)(F)F)cc3)CCO2)cc1. The molecule has 0 bridgehead atoms. The molecule has 0 aromatic heterocycles. The number of rotatable bonds is 4. The number of aryl methyl sites for hydroxylation is 1. The molecule has 1 heterocycles. The third-order valence-electron chi connectivity index (χ3n) is 4.34. The van der Waals surface area contributed by atoms with Crippen molar-refractivity contribution >= 4 is 5.91 Å². The topological polar surface area (TPSA) is 38.8 Å². The third kappa shape index (κ3) is 5.01. The monoisotopic (exact) mass is 379 g/mol. The van der Waals surface area contributed by atoms with Crippen molar-refractivity contribution in [3.63, 3.8) is 0 Å². The molecule has 3 rings (SSSR count). The van der Waals surface area contributed by atoms with E-state index in [-0.39, 0.29) is 17.6 Å². The number of carbonyl (C=O) groups excluding carboxylic acids is 1. The first kappa shape index (κ1) is 19.2. The Bertz CT molecular complexity index is 773. The fourth-order valence-corrected chi connectivity index (χ4v) is 2.81. The normalized spacial score (nSPS) is 17.6. The van der Waals surface area contributed by atoms with E-state index in [9.17, 15) is 18.0 Å². The van der Waals surface area contributed by atoms with Gasteiger partial charge >= 0.3 is 6.18 Å². The van der Waals surface area contributed by atoms with E-state index in [1.165, 1.54) is 12.1 Å². The van der Waals surface area contributed by atoms with Crippen molar-refractivity contribution in [3.05, 3.63) is 65.2 Å². The van der Waals surface area contributed by atoms with Crippen LogP contribution >= 0.6 is 0 Å². The zero-order valence-electron chi connectivity index (χ0n) is 14.8. The minimum Gasteiger partial charge on any atom is -0.491 e. The molecule has 0 spiro atoms. The molecule has 4 nitrogen and oxygen atoms in total. The van der Waals surface area contributed by atoms with Gasteiger partial charge in [-0.2, -0.15) is 13.2 Å². The summed E-state index contributed by atoms with van der Waals surface area (Å²) in [6, 6.07) is 11.9. The molecule has 1 aliphatic heterocycles. The van der Waals surface area contributed by atoms with E-state index < -0.39 is 11.7 Å². The Morgan fingerprint density at radius 3 is 2.44 bits per heavy atom. The largest absolute Gasteiger partial charge is 0.491 e. The number of carbonyl (C=O) groups is 1. The minimum atomic E-state index is -4.42. The van der Waals surface area contributed by atoms with Crippen LogP contribution in [0.3, 0.4) is 0 Å². The number of halogens is 3. The van der Waals surface area contributed by atoms with Crippen LogP contribution < -0.4 is 4.74 Å². The Morgan fingerprint density at radius 2 is 1.81 bits per heavy atom. The lowest BCUT2D eigenvalue weighted by atomic mass is 10.1. The Kier molecular flexibility index (Phi) is 5.70. The first-order chi connectivity index (χ1) is 12.8. The number of benzene rings is 2. The van der Waals surface area contributed by atoms with Crippen LogP contribution in [0.1, 0.15) is 21.5 Å². The smallest absolute Gasteiger partial charge is 0.416 e. The molecule has 0 saturated carbocycles. The van der Waals surface area contributed by atoms with Crippen LogP contribution in [0.2, 0.25) is 0 Å². The molecule has 1 saturated heterocycles. The van der Waals surface area contributed by atoms with Gasteiger partial charge < -0.3 is 14.4 Å². The molecule has 2 aromatic carbocycles. The average Bonchev–Trinajstić information content (AvgIpc) is 2.67. The number of morpholine rings is 1. The number of nitrogens with zero attached hydrogens (tertiary/aromatic N) is 1. The van der Waals surface area contributed by atoms with E-state index in [0.29, 0.717) is 26.3 Å². The molecule has 0 radical (unpaired) electrons. The van der Waals surface area contributed by atoms with Crippen LogP contribution in [0, 0.1) is 6.92 Å². The predicted molar refractivity (Wildman–Crippen MR) is 93.8 cm³/mol. The minimum absolute atomic E-state index is 0.225. The van der Waals surface area contributed by atoms with Crippen LogP contribution in [0.15, 0.2) is 48.5 Å². The van der Waals surface area contributed by atoms with Gasteiger partial charge in [-0.25, -0.2) is 0 Å². The summed E-state index contributed by atoms with van der Waals surface area (Å²) in [6.45, 7) is 3.35. The molecule has 1 amide bonds. The maximum atomic E-state index is 12.6. The van der Waals surface area contributed by atoms with E-state index in [2.05, 4.69) is 0 Å². The summed E-state index contributed by atoms with van der Waals surface area (Å²) in [7, 11) is 0. The van der Waals surface area contributed by atoms with Crippen LogP contribution in [0.5, 0.6) is 5.75 Å². The molecule has 1 atom stereocenters. The summed E-state index contributed by atoms with van der Waals surface area (Å²) >= 11 is 0. The van der Waals surface area contributed by atoms with Crippen molar-refractivity contribution in [1.82, 2.24) is 4.90 Å². The van der Waals surface area contributed by atoms with Gasteiger partial charge in [-0.3, -0.25) is 4.79 Å². The van der Waals surface area contributed by atoms with Crippen LogP contribution in [0.4, 0.5) is 13.2 Å². The summed E-state index contributed by atoms with van der Waals surface area (Å²) in [4.78, 5) is 14.1. The lowest BCUT2D eigenvalue weighted by Gasteiger charge is -2.33. The lowest BCUT2D eigenvalue weighted by Crippen LogP contribution is -2.47. The van der Waals surface area contributed by atoms with E-state index in [1.54, 1.807) is 4.90 Å². The summed E-state index contributed by atoms with van der Waals surface area (Å²) in [5.41, 5.74) is 0.582. The fraction of sp³-hybridized carbons (Fsp3) is 0.350. The van der Waals surface area contributed by atoms with Gasteiger partial charge in [0.1, 0.15) is 18.5 Å². The highest BCUT2D eigenvalue weighted by atomic mass is 19.4. The van der Waals surface area contributed by atoms with E-state index in [0.717, 1.165) is 23.4 Å². The quantitative estimate of drug-likeness (QED) is 0.808. The van der Waals surface area contributed by atoms with Crippen molar-refractivity contribution in [3.8, 4) is 5.75 Å². The number of amides is 1. The highest BCUT2D eigenvalue weighted by molar-refractivity contribution is 5.94. The first-order valence-electron chi connectivity index (χ1n) is 8.60. The Labute approximate surface area is 155 Å². The van der Waals surface area contributed by atoms with E-state index in [4.69, 9.17) is 9.47 Å². The second kappa shape index (κ2) is 8.00. The van der Waals surface area contributed by atoms with Crippen molar-refractivity contribution in [2.45, 2.75) is 19.2 Å². The van der Waals surface area contributed by atoms with Gasteiger partial charge in [0.25, 0.3) is 5.91 Å². The average molecular weight is 379 g/mol. The van der Waals surface area contributed by atoms with Gasteiger partial charge in [0.2, 0.25) is 0 Å². The second-order valence-corrected chi connectivity index (χ2v) is 6.44. The zero-order valence-corrected chi connectivity index (χ0v) is 14.8. The molecule has 27 heavy (non-hydrogen) atoms. The highest BCUT2D eigenvalue weighted by Crippen LogP contribution is 2.29. The first-order valence-corrected chi connectivity index (χ1v) is 8.60. The molecule has 1 fully saturated rings. The van der Waals surface area contributed by atoms with Gasteiger partial charge in [-0.15, -0.1) is 0 Å². The van der Waals surface area contributed by atoms with Gasteiger partial charge in [0.15, 0.2) is 0 Å². The molecule has 2 aromatic rings. The molecular formula is C20H20F3NO3. The van der Waals surface area contributed by atoms with E-state index >= 15 is 0 Å². The lowest BCUT2D eigenvalue weighted by molar-refractivity contribution is -0.137. The number of hydrogen-bond donors (Lipinski definition) is 0. The number of ether oxygens (including phenoxy) is 2. The number of alkyl halides is 3. The van der Waals surface area contributed by atoms with Crippen molar-refractivity contribution in [2.75, 3.05) is 26.3 Å². The molecule has 7 heteroatoms. The molecular weight excluding hydrogens is 359 g/mol. The molecule has 0 N–H and O–H groups in total. The molecule has 0 aliphatic carbocycles. The Morgan fingerprint density at radius 1 is 1.15 bits per heavy atom. The van der Waals surface area contributed by atoms with Gasteiger partial charge in [-0.05, 0) is 43.3 Å². The van der Waals surface area contributed by atoms with Crippen LogP contribution in [0.25, 0.3) is 0 Å². The van der Waals surface area contributed by atoms with Crippen LogP contribution in [-0.2, 0) is 10.9 Å². The summed E-state index contributed by atoms with van der Waals surface area (Å²) in [6.07, 6.45) is -4.71. The predicted octanol–water partition coefficient (Wildman–Crippen LogP) is 3.93. The molecule has 144 valence electrons. The van der Waals surface area contributed by atoms with Gasteiger partial charge in [-0.1, -0.05) is 17.7 Å². The Hall–Kier alpha value is -2.54. The Balaban J connectivity index is 1.58. The van der Waals surface area contributed by atoms with E-state index in [1.807, 2.05) is 31.2 Å². The summed E-state index contributed by atoms with van der Waals surface area (Å²) in [5, 5.41) is 0. The van der Waals surface area contributed by atoms with Crippen molar-refractivity contribution < 1.29 is 27.4 Å². The van der Waals surface area contributed by atoms with Gasteiger partial charge in [0, 0.05) is 12.1 Å². The third-order valence-corrected chi connectivity index (χ3v) is 4.34. The van der Waals surface area contributed by atoms with Crippen LogP contribution in [-0.4, -0.2) is 43.2 Å². The van der Waals surface area contributed by atoms with Gasteiger partial charge in [0.05, 0.1) is 18.7 Å². The second-order valence-electron chi connectivity index (χ2n) is 6.44. The standard InChI is InChI=1S/C20H20F3NO3/c1-14-2-8-17(9-3-14)27-13-18-12-24(10-11-26-18)19(25)15-4-6-16(7-5-15)20(21,22)23/h2-9,18H,10-13H2,1H3. The highest BCUT2D eigenvalue weighted by Gasteiger charge is 2.31.